The van der Waals surface area contributed by atoms with Crippen LogP contribution in [0.4, 0.5) is 5.69 Å². The van der Waals surface area contributed by atoms with Crippen LogP contribution in [-0.4, -0.2) is 10.9 Å². The molecule has 2 heterocycles. The molecule has 0 spiro atoms. The number of nitrogens with one attached hydrogen (secondary N) is 1. The van der Waals surface area contributed by atoms with Crippen LogP contribution in [-0.2, 0) is 0 Å². The van der Waals surface area contributed by atoms with Crippen molar-refractivity contribution in [2.45, 2.75) is 0 Å². The highest BCUT2D eigenvalue weighted by molar-refractivity contribution is 7.22. The molecule has 3 aromatic carbocycles. The van der Waals surface area contributed by atoms with E-state index in [1.54, 1.807) is 29.5 Å². The summed E-state index contributed by atoms with van der Waals surface area (Å²) < 4.78 is 1.96. The van der Waals surface area contributed by atoms with Crippen LogP contribution in [0.1, 0.15) is 9.67 Å². The molecule has 148 valence electrons. The summed E-state index contributed by atoms with van der Waals surface area (Å²) in [6.07, 6.45) is 0. The quantitative estimate of drug-likeness (QED) is 0.276. The number of carbonyl (C=O) groups is 1. The molecule has 5 aromatic rings. The average molecular weight is 490 g/mol. The number of hydrogen-bond donors (Lipinski definition) is 1. The lowest BCUT2D eigenvalue weighted by atomic mass is 10.2. The molecule has 0 radical (unpaired) electrons. The van der Waals surface area contributed by atoms with Crippen molar-refractivity contribution in [1.29, 1.82) is 0 Å². The highest BCUT2D eigenvalue weighted by atomic mass is 35.5. The zero-order chi connectivity index (χ0) is 20.8. The summed E-state index contributed by atoms with van der Waals surface area (Å²) in [5.41, 5.74) is 2.34. The summed E-state index contributed by atoms with van der Waals surface area (Å²) in [5.74, 6) is -0.291. The predicted octanol–water partition coefficient (Wildman–Crippen LogP) is 8.39. The molecule has 1 amide bonds. The minimum atomic E-state index is -0.291. The normalized spacial score (nSPS) is 11.3. The molecule has 8 heteroatoms. The SMILES string of the molecule is O=C(Nc1ccc(-c2nc3ccccc3s2)c(Cl)c1)c1sc2cc(Cl)ccc2c1Cl. The Morgan fingerprint density at radius 2 is 1.73 bits per heavy atom. The molecule has 0 bridgehead atoms. The maximum absolute atomic E-state index is 12.8. The first-order chi connectivity index (χ1) is 14.5. The maximum atomic E-state index is 12.8. The fraction of sp³-hybridized carbons (Fsp3) is 0. The number of rotatable bonds is 3. The summed E-state index contributed by atoms with van der Waals surface area (Å²) in [5, 5.41) is 6.05. The third-order valence-electron chi connectivity index (χ3n) is 4.55. The van der Waals surface area contributed by atoms with Crippen LogP contribution in [0.25, 0.3) is 30.9 Å². The Balaban J connectivity index is 1.43. The van der Waals surface area contributed by atoms with Gasteiger partial charge < -0.3 is 5.32 Å². The van der Waals surface area contributed by atoms with E-state index < -0.39 is 0 Å². The van der Waals surface area contributed by atoms with Crippen molar-refractivity contribution in [1.82, 2.24) is 4.98 Å². The van der Waals surface area contributed by atoms with Gasteiger partial charge in [0.15, 0.2) is 0 Å². The van der Waals surface area contributed by atoms with Crippen LogP contribution in [0.3, 0.4) is 0 Å². The smallest absolute Gasteiger partial charge is 0.267 e. The Morgan fingerprint density at radius 3 is 2.53 bits per heavy atom. The molecule has 3 nitrogen and oxygen atoms in total. The number of thiophene rings is 1. The molecule has 0 saturated heterocycles. The molecule has 0 fully saturated rings. The van der Waals surface area contributed by atoms with Crippen molar-refractivity contribution in [3.05, 3.63) is 80.6 Å². The molecular formula is C22H11Cl3N2OS2. The van der Waals surface area contributed by atoms with E-state index >= 15 is 0 Å². The first-order valence-electron chi connectivity index (χ1n) is 8.84. The van der Waals surface area contributed by atoms with Crippen molar-refractivity contribution < 1.29 is 4.79 Å². The fourth-order valence-electron chi connectivity index (χ4n) is 3.13. The van der Waals surface area contributed by atoms with E-state index in [9.17, 15) is 4.79 Å². The van der Waals surface area contributed by atoms with Crippen LogP contribution < -0.4 is 5.32 Å². The summed E-state index contributed by atoms with van der Waals surface area (Å²) >= 11 is 21.9. The predicted molar refractivity (Wildman–Crippen MR) is 130 cm³/mol. The molecule has 0 unspecified atom stereocenters. The van der Waals surface area contributed by atoms with Gasteiger partial charge in [0.25, 0.3) is 5.91 Å². The molecule has 30 heavy (non-hydrogen) atoms. The van der Waals surface area contributed by atoms with Crippen molar-refractivity contribution in [3.8, 4) is 10.6 Å². The highest BCUT2D eigenvalue weighted by Crippen LogP contribution is 2.38. The van der Waals surface area contributed by atoms with Crippen molar-refractivity contribution in [3.63, 3.8) is 0 Å². The number of carbonyl (C=O) groups excluding carboxylic acids is 1. The topological polar surface area (TPSA) is 42.0 Å². The molecule has 0 saturated carbocycles. The van der Waals surface area contributed by atoms with Crippen molar-refractivity contribution >= 4 is 89.4 Å². The van der Waals surface area contributed by atoms with Crippen LogP contribution in [0.15, 0.2) is 60.7 Å². The molecule has 0 aliphatic rings. The van der Waals surface area contributed by atoms with E-state index in [4.69, 9.17) is 34.8 Å². The number of fused-ring (bicyclic) bond motifs is 2. The van der Waals surface area contributed by atoms with Gasteiger partial charge in [-0.15, -0.1) is 22.7 Å². The van der Waals surface area contributed by atoms with E-state index in [0.717, 1.165) is 30.9 Å². The van der Waals surface area contributed by atoms with Crippen molar-refractivity contribution in [2.75, 3.05) is 5.32 Å². The van der Waals surface area contributed by atoms with Crippen LogP contribution in [0, 0.1) is 0 Å². The summed E-state index contributed by atoms with van der Waals surface area (Å²) in [7, 11) is 0. The number of para-hydroxylation sites is 1. The molecule has 0 aliphatic carbocycles. The van der Waals surface area contributed by atoms with Gasteiger partial charge in [-0.3, -0.25) is 4.79 Å². The van der Waals surface area contributed by atoms with E-state index in [2.05, 4.69) is 10.3 Å². The van der Waals surface area contributed by atoms with E-state index in [-0.39, 0.29) is 5.91 Å². The van der Waals surface area contributed by atoms with Crippen LogP contribution >= 0.6 is 57.5 Å². The van der Waals surface area contributed by atoms with Gasteiger partial charge in [0.2, 0.25) is 0 Å². The van der Waals surface area contributed by atoms with Gasteiger partial charge in [-0.05, 0) is 42.5 Å². The zero-order valence-electron chi connectivity index (χ0n) is 15.1. The highest BCUT2D eigenvalue weighted by Gasteiger charge is 2.18. The van der Waals surface area contributed by atoms with Gasteiger partial charge in [-0.25, -0.2) is 4.98 Å². The number of benzene rings is 3. The monoisotopic (exact) mass is 488 g/mol. The van der Waals surface area contributed by atoms with Gasteiger partial charge in [0.05, 0.1) is 20.3 Å². The summed E-state index contributed by atoms with van der Waals surface area (Å²) in [6.45, 7) is 0. The largest absolute Gasteiger partial charge is 0.321 e. The number of anilines is 1. The minimum absolute atomic E-state index is 0.291. The number of aromatic nitrogens is 1. The Kier molecular flexibility index (Phi) is 5.17. The summed E-state index contributed by atoms with van der Waals surface area (Å²) in [6, 6.07) is 18.7. The Bertz CT molecular complexity index is 1410. The fourth-order valence-corrected chi connectivity index (χ4v) is 6.15. The third-order valence-corrected chi connectivity index (χ3v) is 7.82. The first-order valence-corrected chi connectivity index (χ1v) is 11.6. The van der Waals surface area contributed by atoms with Gasteiger partial charge in [0.1, 0.15) is 9.88 Å². The van der Waals surface area contributed by atoms with Gasteiger partial charge in [-0.1, -0.05) is 53.0 Å². The second-order valence-corrected chi connectivity index (χ2v) is 9.83. The standard InChI is InChI=1S/C22H11Cl3N2OS2/c23-11-5-7-14-18(9-11)29-20(19(14)25)21(28)26-12-6-8-13(15(24)10-12)22-27-16-3-1-2-4-17(16)30-22/h1-10H,(H,26,28). The Labute approximate surface area is 194 Å². The van der Waals surface area contributed by atoms with Crippen LogP contribution in [0.5, 0.6) is 0 Å². The Hall–Kier alpha value is -2.15. The summed E-state index contributed by atoms with van der Waals surface area (Å²) in [4.78, 5) is 17.9. The lowest BCUT2D eigenvalue weighted by Crippen LogP contribution is -2.10. The third kappa shape index (κ3) is 3.57. The van der Waals surface area contributed by atoms with E-state index in [0.29, 0.717) is 25.6 Å². The number of thiazole rings is 1. The maximum Gasteiger partial charge on any atom is 0.267 e. The van der Waals surface area contributed by atoms with Gasteiger partial charge in [0, 0.05) is 26.4 Å². The molecule has 1 N–H and O–H groups in total. The number of nitrogens with zero attached hydrogens (tertiary/aromatic N) is 1. The first kappa shape index (κ1) is 19.8. The lowest BCUT2D eigenvalue weighted by molar-refractivity contribution is 0.103. The lowest BCUT2D eigenvalue weighted by Gasteiger charge is -2.07. The van der Waals surface area contributed by atoms with E-state index in [1.165, 1.54) is 11.3 Å². The van der Waals surface area contributed by atoms with Crippen molar-refractivity contribution in [2.24, 2.45) is 0 Å². The molecule has 5 rings (SSSR count). The van der Waals surface area contributed by atoms with E-state index in [1.807, 2.05) is 42.5 Å². The average Bonchev–Trinajstić information content (AvgIpc) is 3.29. The van der Waals surface area contributed by atoms with Gasteiger partial charge in [-0.2, -0.15) is 0 Å². The second kappa shape index (κ2) is 7.84. The minimum Gasteiger partial charge on any atom is -0.321 e. The zero-order valence-corrected chi connectivity index (χ0v) is 19.0. The second-order valence-electron chi connectivity index (χ2n) is 6.52. The van der Waals surface area contributed by atoms with Crippen LogP contribution in [0.2, 0.25) is 15.1 Å². The molecule has 0 atom stereocenters. The molecule has 0 aliphatic heterocycles. The number of halogens is 3. The molecule has 2 aromatic heterocycles. The Morgan fingerprint density at radius 1 is 0.900 bits per heavy atom. The molecular weight excluding hydrogens is 479 g/mol. The number of hydrogen-bond acceptors (Lipinski definition) is 4. The number of amides is 1. The van der Waals surface area contributed by atoms with Gasteiger partial charge >= 0.3 is 0 Å².